The number of benzene rings is 1. The van der Waals surface area contributed by atoms with Crippen LogP contribution in [0.4, 0.5) is 5.82 Å². The van der Waals surface area contributed by atoms with Crippen molar-refractivity contribution in [3.05, 3.63) is 70.3 Å². The summed E-state index contributed by atoms with van der Waals surface area (Å²) in [6.07, 6.45) is 7.61. The molecule has 0 radical (unpaired) electrons. The maximum Gasteiger partial charge on any atom is 0.373 e. The molecule has 1 aliphatic heterocycles. The SMILES string of the molecule is Cc1cnc2c(c1)Cc1nc(Cc3ccccc3C)nc(NCCCN3CCCC3)c1-2.O=C=O. The molecule has 1 aromatic carbocycles. The molecule has 0 atom stereocenters. The third kappa shape index (κ3) is 5.56. The molecule has 7 nitrogen and oxygen atoms in total. The Morgan fingerprint density at radius 3 is 2.62 bits per heavy atom. The molecule has 3 aromatic rings. The first-order valence-corrected chi connectivity index (χ1v) is 11.9. The van der Waals surface area contributed by atoms with E-state index in [4.69, 9.17) is 24.5 Å². The number of rotatable bonds is 7. The lowest BCUT2D eigenvalue weighted by molar-refractivity contribution is -0.191. The lowest BCUT2D eigenvalue weighted by Crippen LogP contribution is -2.22. The topological polar surface area (TPSA) is 88.1 Å². The minimum Gasteiger partial charge on any atom is -0.369 e. The molecule has 3 heterocycles. The van der Waals surface area contributed by atoms with Crippen LogP contribution >= 0.6 is 0 Å². The maximum atomic E-state index is 8.12. The quantitative estimate of drug-likeness (QED) is 0.420. The lowest BCUT2D eigenvalue weighted by atomic mass is 10.1. The predicted molar refractivity (Wildman–Crippen MR) is 131 cm³/mol. The molecule has 0 saturated carbocycles. The van der Waals surface area contributed by atoms with Gasteiger partial charge in [0.1, 0.15) is 11.6 Å². The van der Waals surface area contributed by atoms with E-state index in [9.17, 15) is 0 Å². The molecule has 7 heteroatoms. The third-order valence-electron chi connectivity index (χ3n) is 6.48. The van der Waals surface area contributed by atoms with Crippen LogP contribution in [0.25, 0.3) is 11.3 Å². The van der Waals surface area contributed by atoms with E-state index >= 15 is 0 Å². The summed E-state index contributed by atoms with van der Waals surface area (Å²) in [5.74, 6) is 1.84. The number of carbonyl (C=O) groups excluding carboxylic acids is 2. The van der Waals surface area contributed by atoms with Gasteiger partial charge in [-0.2, -0.15) is 9.59 Å². The van der Waals surface area contributed by atoms with Crippen molar-refractivity contribution < 1.29 is 9.59 Å². The molecular weight excluding hydrogens is 426 g/mol. The van der Waals surface area contributed by atoms with Crippen LogP contribution in [0.2, 0.25) is 0 Å². The van der Waals surface area contributed by atoms with Gasteiger partial charge in [0.2, 0.25) is 0 Å². The molecule has 1 N–H and O–H groups in total. The van der Waals surface area contributed by atoms with Crippen molar-refractivity contribution in [2.24, 2.45) is 0 Å². The van der Waals surface area contributed by atoms with Gasteiger partial charge in [-0.05, 0) is 75.0 Å². The summed E-state index contributed by atoms with van der Waals surface area (Å²) in [7, 11) is 0. The van der Waals surface area contributed by atoms with Crippen LogP contribution in [0.1, 0.15) is 53.0 Å². The zero-order valence-electron chi connectivity index (χ0n) is 19.9. The van der Waals surface area contributed by atoms with Crippen LogP contribution < -0.4 is 5.32 Å². The Morgan fingerprint density at radius 2 is 1.85 bits per heavy atom. The van der Waals surface area contributed by atoms with E-state index in [1.807, 2.05) is 6.20 Å². The predicted octanol–water partition coefficient (Wildman–Crippen LogP) is 3.96. The van der Waals surface area contributed by atoms with Crippen LogP contribution in [0, 0.1) is 13.8 Å². The van der Waals surface area contributed by atoms with Crippen molar-refractivity contribution in [1.82, 2.24) is 19.9 Å². The van der Waals surface area contributed by atoms with Gasteiger partial charge >= 0.3 is 6.15 Å². The van der Waals surface area contributed by atoms with Gasteiger partial charge in [-0.15, -0.1) is 0 Å². The zero-order chi connectivity index (χ0) is 23.9. The fourth-order valence-electron chi connectivity index (χ4n) is 4.81. The number of likely N-dealkylation sites (tertiary alicyclic amines) is 1. The van der Waals surface area contributed by atoms with Crippen LogP contribution in [0.5, 0.6) is 0 Å². The van der Waals surface area contributed by atoms with E-state index in [1.165, 1.54) is 48.2 Å². The summed E-state index contributed by atoms with van der Waals surface area (Å²) in [5.41, 5.74) is 8.28. The van der Waals surface area contributed by atoms with Crippen LogP contribution in [-0.2, 0) is 22.4 Å². The number of fused-ring (bicyclic) bond motifs is 3. The Bertz CT molecular complexity index is 1180. The monoisotopic (exact) mass is 457 g/mol. The molecule has 176 valence electrons. The van der Waals surface area contributed by atoms with E-state index in [0.717, 1.165) is 60.9 Å². The third-order valence-corrected chi connectivity index (χ3v) is 6.48. The normalized spacial score (nSPS) is 14.1. The molecule has 0 bridgehead atoms. The molecule has 0 amide bonds. The van der Waals surface area contributed by atoms with Gasteiger partial charge in [0.15, 0.2) is 0 Å². The Balaban J connectivity index is 0.000000868. The molecule has 0 spiro atoms. The van der Waals surface area contributed by atoms with Crippen molar-refractivity contribution in [2.75, 3.05) is 31.5 Å². The molecule has 1 fully saturated rings. The van der Waals surface area contributed by atoms with E-state index < -0.39 is 0 Å². The Kier molecular flexibility index (Phi) is 7.78. The number of aryl methyl sites for hydroxylation is 2. The highest BCUT2D eigenvalue weighted by molar-refractivity contribution is 5.81. The van der Waals surface area contributed by atoms with Gasteiger partial charge < -0.3 is 10.2 Å². The van der Waals surface area contributed by atoms with Gasteiger partial charge in [-0.3, -0.25) is 4.98 Å². The van der Waals surface area contributed by atoms with Crippen LogP contribution in [0.3, 0.4) is 0 Å². The number of pyridine rings is 1. The number of aromatic nitrogens is 3. The number of nitrogens with zero attached hydrogens (tertiary/aromatic N) is 4. The standard InChI is InChI=1S/C26H31N5.CO2/c1-18-14-21-15-22-24(25(21)28-17-18)26(27-10-7-13-31-11-5-6-12-31)30-23(29-22)16-20-9-4-3-8-19(20)2;2-1-3/h3-4,8-9,14,17H,5-7,10-13,15-16H2,1-2H3,(H,27,29,30);. The van der Waals surface area contributed by atoms with Gasteiger partial charge in [0, 0.05) is 25.6 Å². The fraction of sp³-hybridized carbons (Fsp3) is 0.407. The molecule has 5 rings (SSSR count). The van der Waals surface area contributed by atoms with Gasteiger partial charge in [0.05, 0.1) is 17.0 Å². The first-order chi connectivity index (χ1) is 16.6. The highest BCUT2D eigenvalue weighted by Gasteiger charge is 2.26. The van der Waals surface area contributed by atoms with Gasteiger partial charge in [0.25, 0.3) is 0 Å². The second-order valence-electron chi connectivity index (χ2n) is 9.02. The summed E-state index contributed by atoms with van der Waals surface area (Å²) in [6, 6.07) is 10.7. The summed E-state index contributed by atoms with van der Waals surface area (Å²) in [4.78, 5) is 33.5. The van der Waals surface area contributed by atoms with Crippen molar-refractivity contribution in [2.45, 2.75) is 46.0 Å². The first kappa shape index (κ1) is 23.7. The number of hydrogen-bond donors (Lipinski definition) is 1. The van der Waals surface area contributed by atoms with Crippen molar-refractivity contribution in [3.63, 3.8) is 0 Å². The van der Waals surface area contributed by atoms with Gasteiger partial charge in [-0.25, -0.2) is 9.97 Å². The zero-order valence-corrected chi connectivity index (χ0v) is 19.9. The average Bonchev–Trinajstić information content (AvgIpc) is 3.46. The Hall–Kier alpha value is -3.41. The van der Waals surface area contributed by atoms with Crippen molar-refractivity contribution in [3.8, 4) is 11.3 Å². The number of nitrogens with one attached hydrogen (secondary N) is 1. The first-order valence-electron chi connectivity index (χ1n) is 11.9. The number of hydrogen-bond acceptors (Lipinski definition) is 7. The highest BCUT2D eigenvalue weighted by Crippen LogP contribution is 2.38. The summed E-state index contributed by atoms with van der Waals surface area (Å²) in [6.45, 7) is 8.83. The number of anilines is 1. The smallest absolute Gasteiger partial charge is 0.369 e. The largest absolute Gasteiger partial charge is 0.373 e. The van der Waals surface area contributed by atoms with E-state index in [0.29, 0.717) is 0 Å². The Morgan fingerprint density at radius 1 is 1.09 bits per heavy atom. The second-order valence-corrected chi connectivity index (χ2v) is 9.02. The molecule has 1 aliphatic carbocycles. The van der Waals surface area contributed by atoms with Crippen molar-refractivity contribution in [1.29, 1.82) is 0 Å². The fourth-order valence-corrected chi connectivity index (χ4v) is 4.81. The second kappa shape index (κ2) is 11.1. The minimum atomic E-state index is 0.250. The average molecular weight is 458 g/mol. The van der Waals surface area contributed by atoms with Crippen molar-refractivity contribution >= 4 is 12.0 Å². The molecule has 34 heavy (non-hydrogen) atoms. The summed E-state index contributed by atoms with van der Waals surface area (Å²) >= 11 is 0. The lowest BCUT2D eigenvalue weighted by Gasteiger charge is -2.16. The molecule has 0 unspecified atom stereocenters. The van der Waals surface area contributed by atoms with E-state index in [2.05, 4.69) is 54.4 Å². The van der Waals surface area contributed by atoms with Crippen LogP contribution in [0.15, 0.2) is 36.5 Å². The minimum absolute atomic E-state index is 0.250. The van der Waals surface area contributed by atoms with E-state index in [-0.39, 0.29) is 6.15 Å². The summed E-state index contributed by atoms with van der Waals surface area (Å²) in [5, 5.41) is 3.65. The summed E-state index contributed by atoms with van der Waals surface area (Å²) < 4.78 is 0. The van der Waals surface area contributed by atoms with Crippen LogP contribution in [-0.4, -0.2) is 52.2 Å². The van der Waals surface area contributed by atoms with E-state index in [1.54, 1.807) is 0 Å². The maximum absolute atomic E-state index is 8.12. The highest BCUT2D eigenvalue weighted by atomic mass is 16.2. The molecule has 1 saturated heterocycles. The van der Waals surface area contributed by atoms with Gasteiger partial charge in [-0.1, -0.05) is 30.3 Å². The molecular formula is C27H31N5O2. The Labute approximate surface area is 200 Å². The molecule has 2 aliphatic rings. The molecule has 2 aromatic heterocycles.